The Morgan fingerprint density at radius 1 is 1.29 bits per heavy atom. The number of hydrogen-bond acceptors (Lipinski definition) is 4. The van der Waals surface area contributed by atoms with Gasteiger partial charge in [0.2, 0.25) is 0 Å². The fraction of sp³-hybridized carbons (Fsp3) is 0.538. The molecule has 1 atom stereocenters. The van der Waals surface area contributed by atoms with Crippen LogP contribution in [0.1, 0.15) is 19.4 Å². The van der Waals surface area contributed by atoms with E-state index in [1.165, 1.54) is 0 Å². The van der Waals surface area contributed by atoms with Gasteiger partial charge in [-0.3, -0.25) is 0 Å². The Morgan fingerprint density at radius 2 is 2.06 bits per heavy atom. The number of rotatable bonds is 7. The largest absolute Gasteiger partial charge is 0.490 e. The van der Waals surface area contributed by atoms with E-state index in [-0.39, 0.29) is 19.3 Å². The Kier molecular flexibility index (Phi) is 5.80. The molecular formula is C13H21NO3. The molecule has 0 amide bonds. The van der Waals surface area contributed by atoms with Gasteiger partial charge in [-0.2, -0.15) is 0 Å². The van der Waals surface area contributed by atoms with Crippen molar-refractivity contribution in [1.82, 2.24) is 0 Å². The number of hydrogen-bond donors (Lipinski definition) is 2. The van der Waals surface area contributed by atoms with E-state index >= 15 is 0 Å². The molecule has 1 aromatic rings. The highest BCUT2D eigenvalue weighted by Gasteiger charge is 2.07. The van der Waals surface area contributed by atoms with Crippen molar-refractivity contribution in [3.05, 3.63) is 23.8 Å². The summed E-state index contributed by atoms with van der Waals surface area (Å²) in [5, 5.41) is 8.74. The summed E-state index contributed by atoms with van der Waals surface area (Å²) >= 11 is 0. The van der Waals surface area contributed by atoms with Gasteiger partial charge in [-0.05, 0) is 38.0 Å². The number of aliphatic hydroxyl groups excluding tert-OH is 1. The first kappa shape index (κ1) is 13.8. The summed E-state index contributed by atoms with van der Waals surface area (Å²) in [6.45, 7) is 4.74. The number of nitrogens with two attached hydrogens (primary N) is 1. The Bertz CT molecular complexity index is 339. The molecule has 0 aliphatic heterocycles. The summed E-state index contributed by atoms with van der Waals surface area (Å²) < 4.78 is 10.9. The van der Waals surface area contributed by atoms with Gasteiger partial charge < -0.3 is 20.3 Å². The predicted octanol–water partition coefficient (Wildman–Crippen LogP) is 1.35. The van der Waals surface area contributed by atoms with Crippen LogP contribution in [-0.2, 0) is 6.42 Å². The lowest BCUT2D eigenvalue weighted by atomic mass is 10.1. The zero-order chi connectivity index (χ0) is 12.7. The van der Waals surface area contributed by atoms with Crippen LogP contribution in [0.25, 0.3) is 0 Å². The number of ether oxygens (including phenoxy) is 2. The van der Waals surface area contributed by atoms with Crippen molar-refractivity contribution in [3.63, 3.8) is 0 Å². The van der Waals surface area contributed by atoms with Crippen molar-refractivity contribution in [1.29, 1.82) is 0 Å². The smallest absolute Gasteiger partial charge is 0.161 e. The molecule has 1 unspecified atom stereocenters. The highest BCUT2D eigenvalue weighted by atomic mass is 16.5. The van der Waals surface area contributed by atoms with Gasteiger partial charge in [-0.15, -0.1) is 0 Å². The standard InChI is InChI=1S/C13H21NO3/c1-3-16-13-9-11(8-10(2)14)4-5-12(13)17-7-6-15/h4-5,9-10,15H,3,6-8,14H2,1-2H3. The minimum atomic E-state index is -0.00680. The summed E-state index contributed by atoms with van der Waals surface area (Å²) in [5.74, 6) is 1.37. The summed E-state index contributed by atoms with van der Waals surface area (Å²) in [5.41, 5.74) is 6.89. The fourth-order valence-electron chi connectivity index (χ4n) is 1.59. The molecule has 0 aliphatic carbocycles. The minimum absolute atomic E-state index is 0.00680. The van der Waals surface area contributed by atoms with Crippen molar-refractivity contribution in [3.8, 4) is 11.5 Å². The summed E-state index contributed by atoms with van der Waals surface area (Å²) in [6.07, 6.45) is 0.806. The Hall–Kier alpha value is -1.26. The van der Waals surface area contributed by atoms with Gasteiger partial charge in [0.05, 0.1) is 13.2 Å². The molecule has 0 bridgehead atoms. The number of benzene rings is 1. The van der Waals surface area contributed by atoms with Crippen LogP contribution in [0.5, 0.6) is 11.5 Å². The van der Waals surface area contributed by atoms with Gasteiger partial charge in [-0.1, -0.05) is 6.07 Å². The second-order valence-electron chi connectivity index (χ2n) is 3.97. The van der Waals surface area contributed by atoms with E-state index in [1.54, 1.807) is 0 Å². The van der Waals surface area contributed by atoms with Crippen LogP contribution in [0.2, 0.25) is 0 Å². The average molecular weight is 239 g/mol. The lowest BCUT2D eigenvalue weighted by Crippen LogP contribution is -2.17. The molecule has 0 radical (unpaired) electrons. The molecule has 96 valence electrons. The average Bonchev–Trinajstić information content (AvgIpc) is 2.28. The maximum absolute atomic E-state index is 8.74. The summed E-state index contributed by atoms with van der Waals surface area (Å²) in [4.78, 5) is 0. The van der Waals surface area contributed by atoms with E-state index in [1.807, 2.05) is 32.0 Å². The van der Waals surface area contributed by atoms with Crippen molar-refractivity contribution >= 4 is 0 Å². The van der Waals surface area contributed by atoms with Crippen LogP contribution in [0.15, 0.2) is 18.2 Å². The maximum Gasteiger partial charge on any atom is 0.161 e. The van der Waals surface area contributed by atoms with Crippen LogP contribution >= 0.6 is 0 Å². The Labute approximate surface area is 102 Å². The molecule has 0 fully saturated rings. The van der Waals surface area contributed by atoms with Gasteiger partial charge in [-0.25, -0.2) is 0 Å². The van der Waals surface area contributed by atoms with E-state index in [4.69, 9.17) is 20.3 Å². The molecule has 1 aromatic carbocycles. The van der Waals surface area contributed by atoms with E-state index in [0.29, 0.717) is 18.1 Å². The quantitative estimate of drug-likeness (QED) is 0.753. The van der Waals surface area contributed by atoms with E-state index in [2.05, 4.69) is 0 Å². The molecule has 0 heterocycles. The normalized spacial score (nSPS) is 12.2. The maximum atomic E-state index is 8.74. The second kappa shape index (κ2) is 7.14. The molecule has 4 nitrogen and oxygen atoms in total. The first-order valence-corrected chi connectivity index (χ1v) is 5.92. The summed E-state index contributed by atoms with van der Waals surface area (Å²) in [7, 11) is 0. The molecule has 0 aromatic heterocycles. The minimum Gasteiger partial charge on any atom is -0.490 e. The number of aliphatic hydroxyl groups is 1. The predicted molar refractivity (Wildman–Crippen MR) is 67.5 cm³/mol. The van der Waals surface area contributed by atoms with Crippen LogP contribution in [0.4, 0.5) is 0 Å². The Morgan fingerprint density at radius 3 is 2.65 bits per heavy atom. The molecule has 0 spiro atoms. The van der Waals surface area contributed by atoms with Gasteiger partial charge in [0.1, 0.15) is 6.61 Å². The molecule has 0 saturated heterocycles. The topological polar surface area (TPSA) is 64.7 Å². The van der Waals surface area contributed by atoms with Crippen molar-refractivity contribution < 1.29 is 14.6 Å². The molecule has 4 heteroatoms. The zero-order valence-electron chi connectivity index (χ0n) is 10.5. The van der Waals surface area contributed by atoms with Gasteiger partial charge in [0.25, 0.3) is 0 Å². The van der Waals surface area contributed by atoms with E-state index in [0.717, 1.165) is 12.0 Å². The van der Waals surface area contributed by atoms with Gasteiger partial charge in [0, 0.05) is 6.04 Å². The third kappa shape index (κ3) is 4.63. The zero-order valence-corrected chi connectivity index (χ0v) is 10.5. The van der Waals surface area contributed by atoms with Crippen LogP contribution in [0, 0.1) is 0 Å². The molecule has 3 N–H and O–H groups in total. The van der Waals surface area contributed by atoms with E-state index in [9.17, 15) is 0 Å². The van der Waals surface area contributed by atoms with Crippen molar-refractivity contribution in [2.24, 2.45) is 5.73 Å². The lowest BCUT2D eigenvalue weighted by molar-refractivity contribution is 0.194. The van der Waals surface area contributed by atoms with Crippen LogP contribution < -0.4 is 15.2 Å². The first-order chi connectivity index (χ1) is 8.17. The highest BCUT2D eigenvalue weighted by Crippen LogP contribution is 2.28. The van der Waals surface area contributed by atoms with Crippen LogP contribution in [0.3, 0.4) is 0 Å². The van der Waals surface area contributed by atoms with Crippen LogP contribution in [-0.4, -0.2) is 31.0 Å². The molecule has 17 heavy (non-hydrogen) atoms. The van der Waals surface area contributed by atoms with Gasteiger partial charge in [0.15, 0.2) is 11.5 Å². The fourth-order valence-corrected chi connectivity index (χ4v) is 1.59. The highest BCUT2D eigenvalue weighted by molar-refractivity contribution is 5.43. The first-order valence-electron chi connectivity index (χ1n) is 5.92. The lowest BCUT2D eigenvalue weighted by Gasteiger charge is -2.13. The molecule has 0 aliphatic rings. The van der Waals surface area contributed by atoms with Crippen molar-refractivity contribution in [2.75, 3.05) is 19.8 Å². The third-order valence-corrected chi connectivity index (χ3v) is 2.21. The molecule has 0 saturated carbocycles. The third-order valence-electron chi connectivity index (χ3n) is 2.21. The van der Waals surface area contributed by atoms with E-state index < -0.39 is 0 Å². The Balaban J connectivity index is 2.83. The monoisotopic (exact) mass is 239 g/mol. The second-order valence-corrected chi connectivity index (χ2v) is 3.97. The SMILES string of the molecule is CCOc1cc(CC(C)N)ccc1OCCO. The van der Waals surface area contributed by atoms with Crippen molar-refractivity contribution in [2.45, 2.75) is 26.3 Å². The summed E-state index contributed by atoms with van der Waals surface area (Å²) in [6, 6.07) is 5.89. The molecule has 1 rings (SSSR count). The van der Waals surface area contributed by atoms with Gasteiger partial charge >= 0.3 is 0 Å². The molecular weight excluding hydrogens is 218 g/mol.